The van der Waals surface area contributed by atoms with Crippen LogP contribution in [0.4, 0.5) is 14.5 Å². The fraction of sp³-hybridized carbons (Fsp3) is 0.143. The van der Waals surface area contributed by atoms with Crippen molar-refractivity contribution in [2.75, 3.05) is 5.32 Å². The van der Waals surface area contributed by atoms with Gasteiger partial charge in [-0.05, 0) is 40.9 Å². The zero-order valence-corrected chi connectivity index (χ0v) is 14.0. The van der Waals surface area contributed by atoms with Crippen molar-refractivity contribution in [1.29, 1.82) is 0 Å². The maximum absolute atomic E-state index is 12.5. The van der Waals surface area contributed by atoms with Crippen molar-refractivity contribution in [3.8, 4) is 16.5 Å². The van der Waals surface area contributed by atoms with Gasteiger partial charge in [0.15, 0.2) is 0 Å². The molecule has 0 saturated carbocycles. The van der Waals surface area contributed by atoms with Gasteiger partial charge < -0.3 is 10.1 Å². The number of benzene rings is 1. The highest BCUT2D eigenvalue weighted by Gasteiger charge is 2.27. The number of hydrogen-bond donors (Lipinski definition) is 1. The number of aromatic nitrogens is 4. The minimum absolute atomic E-state index is 0.128. The van der Waals surface area contributed by atoms with Crippen LogP contribution in [-0.4, -0.2) is 31.7 Å². The van der Waals surface area contributed by atoms with E-state index in [1.54, 1.807) is 0 Å². The Morgan fingerprint density at radius 3 is 2.72 bits per heavy atom. The second kappa shape index (κ2) is 7.11. The van der Waals surface area contributed by atoms with Gasteiger partial charge in [-0.15, -0.1) is 30.3 Å². The highest BCUT2D eigenvalue weighted by atomic mass is 35.5. The Morgan fingerprint density at radius 1 is 1.32 bits per heavy atom. The van der Waals surface area contributed by atoms with Crippen LogP contribution in [0, 0.1) is 0 Å². The fourth-order valence-corrected chi connectivity index (χ4v) is 2.62. The van der Waals surface area contributed by atoms with Crippen LogP contribution in [0.15, 0.2) is 41.8 Å². The number of alkyl halides is 3. The van der Waals surface area contributed by atoms with Gasteiger partial charge in [0.05, 0.1) is 4.88 Å². The summed E-state index contributed by atoms with van der Waals surface area (Å²) >= 11 is 6.14. The highest BCUT2D eigenvalue weighted by Crippen LogP contribution is 2.26. The first-order valence-corrected chi connectivity index (χ1v) is 8.12. The van der Waals surface area contributed by atoms with Crippen LogP contribution < -0.4 is 10.1 Å². The minimum atomic E-state index is -3.79. The predicted octanol–water partition coefficient (Wildman–Crippen LogP) is 3.21. The van der Waals surface area contributed by atoms with Crippen molar-refractivity contribution >= 4 is 34.5 Å². The summed E-state index contributed by atoms with van der Waals surface area (Å²) in [5.74, 6) is -0.0886. The molecule has 25 heavy (non-hydrogen) atoms. The number of hydrogen-bond acceptors (Lipinski definition) is 6. The Morgan fingerprint density at radius 2 is 2.08 bits per heavy atom. The van der Waals surface area contributed by atoms with Gasteiger partial charge in [-0.25, -0.2) is 0 Å². The number of rotatable bonds is 6. The molecule has 0 aliphatic heterocycles. The van der Waals surface area contributed by atoms with Gasteiger partial charge in [0.2, 0.25) is 11.7 Å². The lowest BCUT2D eigenvalue weighted by atomic mass is 10.3. The molecule has 0 saturated heterocycles. The number of carbonyl (C=O) groups is 1. The summed E-state index contributed by atoms with van der Waals surface area (Å²) in [7, 11) is 0. The molecule has 0 atom stereocenters. The highest BCUT2D eigenvalue weighted by molar-refractivity contribution is 7.13. The smallest absolute Gasteiger partial charge is 0.420 e. The second-order valence-electron chi connectivity index (χ2n) is 4.74. The van der Waals surface area contributed by atoms with E-state index in [0.29, 0.717) is 11.5 Å². The summed E-state index contributed by atoms with van der Waals surface area (Å²) in [6.45, 7) is -0.142. The zero-order valence-electron chi connectivity index (χ0n) is 12.4. The van der Waals surface area contributed by atoms with Crippen molar-refractivity contribution in [3.63, 3.8) is 0 Å². The van der Waals surface area contributed by atoms with Crippen LogP contribution in [0.3, 0.4) is 0 Å². The van der Waals surface area contributed by atoms with Gasteiger partial charge in [0.1, 0.15) is 12.3 Å². The lowest BCUT2D eigenvalue weighted by Gasteiger charge is -2.11. The molecule has 0 unspecified atom stereocenters. The van der Waals surface area contributed by atoms with E-state index in [1.807, 2.05) is 17.5 Å². The maximum Gasteiger partial charge on any atom is 0.487 e. The van der Waals surface area contributed by atoms with E-state index >= 15 is 0 Å². The summed E-state index contributed by atoms with van der Waals surface area (Å²) in [6.07, 6.45) is 0. The van der Waals surface area contributed by atoms with E-state index in [1.165, 1.54) is 35.6 Å². The Balaban J connectivity index is 1.57. The molecule has 0 aliphatic carbocycles. The normalized spacial score (nSPS) is 11.3. The molecule has 0 radical (unpaired) electrons. The monoisotopic (exact) mass is 385 g/mol. The van der Waals surface area contributed by atoms with Crippen LogP contribution in [0.1, 0.15) is 0 Å². The summed E-state index contributed by atoms with van der Waals surface area (Å²) < 4.78 is 29.2. The van der Waals surface area contributed by atoms with Crippen LogP contribution in [0.5, 0.6) is 5.75 Å². The van der Waals surface area contributed by atoms with Gasteiger partial charge in [-0.2, -0.15) is 4.80 Å². The van der Waals surface area contributed by atoms with Crippen molar-refractivity contribution < 1.29 is 18.3 Å². The molecule has 2 aromatic heterocycles. The van der Waals surface area contributed by atoms with E-state index in [0.717, 1.165) is 9.67 Å². The number of amides is 1. The summed E-state index contributed by atoms with van der Waals surface area (Å²) in [5.41, 5.74) is -3.39. The largest absolute Gasteiger partial charge is 0.487 e. The molecule has 0 aliphatic rings. The van der Waals surface area contributed by atoms with E-state index < -0.39 is 11.5 Å². The zero-order chi connectivity index (χ0) is 17.9. The van der Waals surface area contributed by atoms with Gasteiger partial charge in [0, 0.05) is 17.3 Å². The van der Waals surface area contributed by atoms with Crippen LogP contribution >= 0.6 is 22.9 Å². The van der Waals surface area contributed by atoms with Crippen molar-refractivity contribution in [3.05, 3.63) is 41.8 Å². The lowest BCUT2D eigenvalue weighted by molar-refractivity contribution is -0.117. The first-order valence-electron chi connectivity index (χ1n) is 6.86. The molecule has 11 heteroatoms. The topological polar surface area (TPSA) is 81.9 Å². The molecule has 3 rings (SSSR count). The second-order valence-corrected chi connectivity index (χ2v) is 6.13. The van der Waals surface area contributed by atoms with Gasteiger partial charge in [-0.3, -0.25) is 4.79 Å². The van der Waals surface area contributed by atoms with Crippen LogP contribution in [0.2, 0.25) is 0 Å². The van der Waals surface area contributed by atoms with Crippen LogP contribution in [-0.2, 0) is 11.3 Å². The molecule has 0 fully saturated rings. The average Bonchev–Trinajstić information content (AvgIpc) is 3.18. The predicted molar refractivity (Wildman–Crippen MR) is 87.6 cm³/mol. The fourth-order valence-electron chi connectivity index (χ4n) is 1.88. The Bertz CT molecular complexity index is 849. The molecule has 1 amide bonds. The molecule has 1 N–H and O–H groups in total. The van der Waals surface area contributed by atoms with E-state index in [2.05, 4.69) is 37.1 Å². The molecule has 2 heterocycles. The SMILES string of the molecule is O=C(Cn1nnc(-c2cccs2)n1)Nc1ccc(OC(F)(F)Cl)cc1. The molecule has 1 aromatic carbocycles. The third-order valence-corrected chi connectivity index (χ3v) is 3.79. The standard InChI is InChI=1S/C14H10ClF2N5O2S/c15-14(16,17)24-10-5-3-9(4-6-10)18-12(23)8-22-20-13(19-21-22)11-2-1-7-25-11/h1-7H,8H2,(H,18,23). The number of anilines is 1. The average molecular weight is 386 g/mol. The first kappa shape index (κ1) is 17.2. The molecular weight excluding hydrogens is 376 g/mol. The number of nitrogens with one attached hydrogen (secondary N) is 1. The maximum atomic E-state index is 12.5. The third kappa shape index (κ3) is 4.94. The van der Waals surface area contributed by atoms with E-state index in [-0.39, 0.29) is 12.3 Å². The van der Waals surface area contributed by atoms with Gasteiger partial charge in [0.25, 0.3) is 0 Å². The molecule has 3 aromatic rings. The quantitative estimate of drug-likeness (QED) is 0.659. The Labute approximate surface area is 149 Å². The van der Waals surface area contributed by atoms with Gasteiger partial charge >= 0.3 is 5.57 Å². The third-order valence-electron chi connectivity index (χ3n) is 2.85. The minimum Gasteiger partial charge on any atom is -0.420 e. The molecule has 0 spiro atoms. The number of carbonyl (C=O) groups excluding carboxylic acids is 1. The molecule has 0 bridgehead atoms. The van der Waals surface area contributed by atoms with Crippen molar-refractivity contribution in [2.24, 2.45) is 0 Å². The number of halogens is 3. The lowest BCUT2D eigenvalue weighted by Crippen LogP contribution is -2.20. The van der Waals surface area contributed by atoms with Gasteiger partial charge in [-0.1, -0.05) is 6.07 Å². The molecule has 130 valence electrons. The number of nitrogens with zero attached hydrogens (tertiary/aromatic N) is 4. The van der Waals surface area contributed by atoms with Crippen LogP contribution in [0.25, 0.3) is 10.7 Å². The Hall–Kier alpha value is -2.59. The molecular formula is C14H10ClF2N5O2S. The Kier molecular flexibility index (Phi) is 4.91. The summed E-state index contributed by atoms with van der Waals surface area (Å²) in [4.78, 5) is 14.0. The molecule has 7 nitrogen and oxygen atoms in total. The summed E-state index contributed by atoms with van der Waals surface area (Å²) in [6, 6.07) is 9.04. The summed E-state index contributed by atoms with van der Waals surface area (Å²) in [5, 5.41) is 16.3. The first-order chi connectivity index (χ1) is 11.9. The van der Waals surface area contributed by atoms with E-state index in [9.17, 15) is 13.6 Å². The van der Waals surface area contributed by atoms with Crippen molar-refractivity contribution in [2.45, 2.75) is 12.1 Å². The number of ether oxygens (including phenoxy) is 1. The number of thiophene rings is 1. The van der Waals surface area contributed by atoms with E-state index in [4.69, 9.17) is 0 Å². The number of tetrazole rings is 1. The van der Waals surface area contributed by atoms with Crippen molar-refractivity contribution in [1.82, 2.24) is 20.2 Å².